The molecule has 0 saturated carbocycles. The van der Waals surface area contributed by atoms with Gasteiger partial charge in [-0.2, -0.15) is 0 Å². The number of pyridine rings is 1. The van der Waals surface area contributed by atoms with E-state index in [1.807, 2.05) is 40.1 Å². The molecule has 0 amide bonds. The van der Waals surface area contributed by atoms with Gasteiger partial charge in [-0.3, -0.25) is 9.13 Å². The minimum atomic E-state index is 0.669. The Bertz CT molecular complexity index is 10200. The van der Waals surface area contributed by atoms with Gasteiger partial charge in [0.25, 0.3) is 0 Å². The third-order valence-electron chi connectivity index (χ3n) is 27.5. The Balaban J connectivity index is 0.000000102. The van der Waals surface area contributed by atoms with Gasteiger partial charge in [0.2, 0.25) is 11.9 Å². The first-order valence-electron chi connectivity index (χ1n) is 46.0. The number of thiophene rings is 3. The number of hydrogen-bond donors (Lipinski definition) is 0. The first-order chi connectivity index (χ1) is 67.5. The fraction of sp³-hybridized carbons (Fsp3) is 0. The van der Waals surface area contributed by atoms with Crippen molar-refractivity contribution in [3.05, 3.63) is 449 Å². The number of aromatic nitrogens is 8. The topological polar surface area (TPSA) is 79.2 Å². The van der Waals surface area contributed by atoms with Crippen molar-refractivity contribution in [1.29, 1.82) is 0 Å². The number of benzene rings is 21. The number of para-hydroxylation sites is 5. The van der Waals surface area contributed by atoms with Crippen molar-refractivity contribution in [2.45, 2.75) is 0 Å². The fourth-order valence-corrected chi connectivity index (χ4v) is 25.3. The van der Waals surface area contributed by atoms with E-state index in [1.54, 1.807) is 0 Å². The zero-order valence-electron chi connectivity index (χ0n) is 73.0. The van der Waals surface area contributed by atoms with Crippen molar-refractivity contribution in [1.82, 2.24) is 38.6 Å². The van der Waals surface area contributed by atoms with Crippen LogP contribution in [-0.4, -0.2) is 38.6 Å². The van der Waals surface area contributed by atoms with Gasteiger partial charge in [0.15, 0.2) is 0 Å². The van der Waals surface area contributed by atoms with E-state index in [9.17, 15) is 0 Å². The highest BCUT2D eigenvalue weighted by Gasteiger charge is 2.29. The molecule has 0 atom stereocenters. The highest BCUT2D eigenvalue weighted by Crippen LogP contribution is 2.53. The molecule has 0 radical (unpaired) electrons. The highest BCUT2D eigenvalue weighted by molar-refractivity contribution is 7.28. The Morgan fingerprint density at radius 1 is 0.176 bits per heavy atom. The minimum Gasteiger partial charge on any atom is -0.308 e. The van der Waals surface area contributed by atoms with Crippen molar-refractivity contribution < 1.29 is 0 Å². The van der Waals surface area contributed by atoms with Crippen LogP contribution in [-0.2, 0) is 0 Å². The van der Waals surface area contributed by atoms with Crippen molar-refractivity contribution >= 4 is 236 Å². The lowest BCUT2D eigenvalue weighted by molar-refractivity contribution is 1.02. The average Bonchev–Trinajstić information content (AvgIpc) is 1.55. The summed E-state index contributed by atoms with van der Waals surface area (Å²) >= 11 is 5.62. The van der Waals surface area contributed by atoms with Gasteiger partial charge in [0.05, 0.1) is 80.8 Å². The van der Waals surface area contributed by atoms with Crippen LogP contribution < -0.4 is 0 Å². The Morgan fingerprint density at radius 2 is 0.515 bits per heavy atom. The molecule has 0 fully saturated rings. The summed E-state index contributed by atoms with van der Waals surface area (Å²) in [6, 6.07) is 161. The number of fused-ring (bicyclic) bond motifs is 34. The van der Waals surface area contributed by atoms with Crippen molar-refractivity contribution in [3.63, 3.8) is 0 Å². The molecule has 0 bridgehead atoms. The summed E-state index contributed by atoms with van der Waals surface area (Å²) < 4.78 is 14.8. The molecule has 0 N–H and O–H groups in total. The molecule has 0 spiro atoms. The fourth-order valence-electron chi connectivity index (χ4n) is 21.5. The van der Waals surface area contributed by atoms with E-state index >= 15 is 0 Å². The summed E-state index contributed by atoms with van der Waals surface area (Å²) in [4.78, 5) is 26.5. The third-order valence-corrected chi connectivity index (χ3v) is 31.1. The molecular formula is C125H74N8S3. The molecule has 0 aliphatic carbocycles. The summed E-state index contributed by atoms with van der Waals surface area (Å²) in [5, 5.41) is 28.7. The molecule has 0 saturated heterocycles. The Kier molecular flexibility index (Phi) is 17.8. The van der Waals surface area contributed by atoms with Crippen LogP contribution in [0.2, 0.25) is 0 Å². The summed E-state index contributed by atoms with van der Waals surface area (Å²) in [6.45, 7) is 0. The number of rotatable bonds is 8. The lowest BCUT2D eigenvalue weighted by Gasteiger charge is -2.13. The standard InChI is InChI=1S/C48H29N3S.C40H23N3S.C37H22N2S/c1-3-13-30(14-4-1)32-23-25-33(26-24-32)45-37-19-9-11-21-40(37)49-48(50-45)51-41-28-27-34(31-15-5-2-6-16-31)29-39(41)43-35-17-7-8-18-36(35)44-38-20-10-12-22-42(38)52-47(44)46(43)51;1-2-12-25-23-26(22-21-24(25)11-1)37-29-15-5-8-18-32(29)41-40(42-37)43-33-19-9-6-16-30(33)35-27-13-3-4-14-28(27)36-31-17-7-10-20-34(31)44-39(36)38(35)43;1-6-14-30-23(9-1)19-22-31(38-30)24-17-20-25(21-18-24)39-32-15-7-4-12-28(32)34-26-10-2-3-11-27(26)35-29-13-5-8-16-33(29)40-37(35)36(34)39/h1-29H;1-23H;1-22H. The predicted molar refractivity (Wildman–Crippen MR) is 580 cm³/mol. The summed E-state index contributed by atoms with van der Waals surface area (Å²) in [5.74, 6) is 1.36. The summed E-state index contributed by atoms with van der Waals surface area (Å²) in [5.41, 5.74) is 21.9. The van der Waals surface area contributed by atoms with Crippen LogP contribution >= 0.6 is 34.0 Å². The number of hydrogen-bond acceptors (Lipinski definition) is 8. The molecule has 30 rings (SSSR count). The van der Waals surface area contributed by atoms with E-state index in [-0.39, 0.29) is 0 Å². The SMILES string of the molecule is c1ccc(-c2ccc(-c3nc(-n4c5ccc(-c6ccccc6)cc5c5c6ccccc6c6c7ccccc7sc6c54)nc4ccccc34)cc2)cc1.c1ccc2cc(-c3nc(-n4c5ccccc5c5c6ccccc6c6c7ccccc7sc6c54)nc4ccccc34)ccc2c1.c1ccc2nc(-c3ccc(-n4c5ccccc5c5c6ccccc6c6c7ccccc7sc6c54)cc3)ccc2c1. The van der Waals surface area contributed by atoms with E-state index in [1.165, 1.54) is 175 Å². The van der Waals surface area contributed by atoms with Crippen LogP contribution in [0.25, 0.3) is 275 Å². The molecule has 136 heavy (non-hydrogen) atoms. The van der Waals surface area contributed by atoms with Crippen molar-refractivity contribution in [3.8, 4) is 73.6 Å². The summed E-state index contributed by atoms with van der Waals surface area (Å²) in [7, 11) is 0. The van der Waals surface area contributed by atoms with E-state index < -0.39 is 0 Å². The molecule has 0 unspecified atom stereocenters. The van der Waals surface area contributed by atoms with E-state index in [4.69, 9.17) is 24.9 Å². The lowest BCUT2D eigenvalue weighted by atomic mass is 9.97. The molecule has 0 aliphatic rings. The Morgan fingerprint density at radius 3 is 1.03 bits per heavy atom. The van der Waals surface area contributed by atoms with Gasteiger partial charge in [0.1, 0.15) is 0 Å². The maximum Gasteiger partial charge on any atom is 0.235 e. The maximum absolute atomic E-state index is 5.49. The van der Waals surface area contributed by atoms with Crippen LogP contribution in [0.3, 0.4) is 0 Å². The normalized spacial score (nSPS) is 12.0. The molecule has 30 aromatic rings. The Hall–Kier alpha value is -17.2. The zero-order chi connectivity index (χ0) is 89.2. The van der Waals surface area contributed by atoms with Crippen LogP contribution in [0.4, 0.5) is 0 Å². The smallest absolute Gasteiger partial charge is 0.235 e. The van der Waals surface area contributed by atoms with Gasteiger partial charge in [-0.15, -0.1) is 34.0 Å². The summed E-state index contributed by atoms with van der Waals surface area (Å²) in [6.07, 6.45) is 0. The maximum atomic E-state index is 5.49. The van der Waals surface area contributed by atoms with Gasteiger partial charge in [-0.1, -0.05) is 364 Å². The van der Waals surface area contributed by atoms with Gasteiger partial charge >= 0.3 is 0 Å². The molecule has 8 nitrogen and oxygen atoms in total. The second kappa shape index (κ2) is 31.2. The number of nitrogens with zero attached hydrogens (tertiary/aromatic N) is 8. The van der Waals surface area contributed by atoms with Gasteiger partial charge in [-0.05, 0) is 150 Å². The quantitative estimate of drug-likeness (QED) is 0.151. The van der Waals surface area contributed by atoms with Crippen LogP contribution in [0.1, 0.15) is 0 Å². The molecule has 632 valence electrons. The zero-order valence-corrected chi connectivity index (χ0v) is 75.5. The monoisotopic (exact) mass is 1780 g/mol. The largest absolute Gasteiger partial charge is 0.308 e. The molecular weight excluding hydrogens is 1710 g/mol. The molecule has 11 heteroatoms. The van der Waals surface area contributed by atoms with E-state index in [0.29, 0.717) is 11.9 Å². The molecule has 9 aromatic heterocycles. The highest BCUT2D eigenvalue weighted by atomic mass is 32.1. The first-order valence-corrected chi connectivity index (χ1v) is 48.5. The van der Waals surface area contributed by atoms with Crippen LogP contribution in [0.5, 0.6) is 0 Å². The second-order valence-electron chi connectivity index (χ2n) is 35.1. The molecule has 0 aliphatic heterocycles. The van der Waals surface area contributed by atoms with Crippen molar-refractivity contribution in [2.24, 2.45) is 0 Å². The average molecular weight is 1780 g/mol. The Labute approximate surface area is 790 Å². The predicted octanol–water partition coefficient (Wildman–Crippen LogP) is 34.8. The molecule has 21 aromatic carbocycles. The van der Waals surface area contributed by atoms with E-state index in [0.717, 1.165) is 88.7 Å². The second-order valence-corrected chi connectivity index (χ2v) is 38.2. The first kappa shape index (κ1) is 77.6. The van der Waals surface area contributed by atoms with Gasteiger partial charge in [-0.25, -0.2) is 24.9 Å². The van der Waals surface area contributed by atoms with Crippen LogP contribution in [0.15, 0.2) is 449 Å². The lowest BCUT2D eigenvalue weighted by Crippen LogP contribution is -2.03. The minimum absolute atomic E-state index is 0.669. The van der Waals surface area contributed by atoms with E-state index in [2.05, 4.69) is 457 Å². The van der Waals surface area contributed by atoms with Crippen LogP contribution in [0, 0.1) is 0 Å². The molecule has 9 heterocycles. The van der Waals surface area contributed by atoms with Gasteiger partial charge < -0.3 is 4.57 Å². The third kappa shape index (κ3) is 12.2. The van der Waals surface area contributed by atoms with Crippen molar-refractivity contribution in [2.75, 3.05) is 0 Å². The van der Waals surface area contributed by atoms with Gasteiger partial charge in [0, 0.05) is 117 Å².